The number of nitrogens with zero attached hydrogens (tertiary/aromatic N) is 1. The van der Waals surface area contributed by atoms with Crippen LogP contribution in [-0.2, 0) is 6.54 Å². The van der Waals surface area contributed by atoms with Crippen molar-refractivity contribution >= 4 is 5.82 Å². The molecule has 22 heavy (non-hydrogen) atoms. The van der Waals surface area contributed by atoms with Gasteiger partial charge in [0, 0.05) is 19.2 Å². The molecule has 0 saturated carbocycles. The SMILES string of the molecule is O=c1cc(-c2ccccc2)n2c(c1-c1ccccc1)NCC2. The molecule has 0 spiro atoms. The van der Waals surface area contributed by atoms with Crippen LogP contribution in [0.4, 0.5) is 5.82 Å². The van der Waals surface area contributed by atoms with E-state index in [0.29, 0.717) is 0 Å². The first-order chi connectivity index (χ1) is 10.8. The molecule has 108 valence electrons. The normalized spacial score (nSPS) is 12.7. The molecule has 2 heterocycles. The van der Waals surface area contributed by atoms with Crippen LogP contribution < -0.4 is 10.7 Å². The van der Waals surface area contributed by atoms with Crippen molar-refractivity contribution in [1.29, 1.82) is 0 Å². The van der Waals surface area contributed by atoms with Crippen molar-refractivity contribution < 1.29 is 0 Å². The van der Waals surface area contributed by atoms with E-state index >= 15 is 0 Å². The van der Waals surface area contributed by atoms with Gasteiger partial charge in [-0.2, -0.15) is 0 Å². The predicted molar refractivity (Wildman–Crippen MR) is 90.1 cm³/mol. The molecule has 0 fully saturated rings. The summed E-state index contributed by atoms with van der Waals surface area (Å²) < 4.78 is 2.21. The minimum atomic E-state index is 0.0608. The molecule has 3 heteroatoms. The Labute approximate surface area is 128 Å². The zero-order valence-corrected chi connectivity index (χ0v) is 12.1. The number of benzene rings is 2. The quantitative estimate of drug-likeness (QED) is 0.781. The Hall–Kier alpha value is -2.81. The van der Waals surface area contributed by atoms with Crippen molar-refractivity contribution in [3.63, 3.8) is 0 Å². The van der Waals surface area contributed by atoms with E-state index in [1.165, 1.54) is 0 Å². The van der Waals surface area contributed by atoms with Gasteiger partial charge >= 0.3 is 0 Å². The summed E-state index contributed by atoms with van der Waals surface area (Å²) in [5.41, 5.74) is 3.84. The lowest BCUT2D eigenvalue weighted by molar-refractivity contribution is 0.810. The van der Waals surface area contributed by atoms with Crippen molar-refractivity contribution in [3.8, 4) is 22.4 Å². The van der Waals surface area contributed by atoms with Crippen LogP contribution in [0.5, 0.6) is 0 Å². The smallest absolute Gasteiger partial charge is 0.192 e. The maximum absolute atomic E-state index is 12.7. The number of rotatable bonds is 2. The van der Waals surface area contributed by atoms with Crippen LogP contribution in [0, 0.1) is 0 Å². The highest BCUT2D eigenvalue weighted by Crippen LogP contribution is 2.32. The van der Waals surface area contributed by atoms with Gasteiger partial charge in [-0.25, -0.2) is 0 Å². The van der Waals surface area contributed by atoms with Crippen LogP contribution >= 0.6 is 0 Å². The average Bonchev–Trinajstić information content (AvgIpc) is 3.05. The van der Waals surface area contributed by atoms with Gasteiger partial charge in [-0.05, 0) is 11.1 Å². The Kier molecular flexibility index (Phi) is 3.04. The van der Waals surface area contributed by atoms with E-state index in [4.69, 9.17) is 0 Å². The lowest BCUT2D eigenvalue weighted by atomic mass is 10.0. The summed E-state index contributed by atoms with van der Waals surface area (Å²) in [5.74, 6) is 0.928. The van der Waals surface area contributed by atoms with E-state index in [2.05, 4.69) is 9.88 Å². The summed E-state index contributed by atoms with van der Waals surface area (Å²) in [6.07, 6.45) is 0. The third-order valence-electron chi connectivity index (χ3n) is 4.07. The van der Waals surface area contributed by atoms with E-state index in [1.54, 1.807) is 6.07 Å². The molecule has 4 rings (SSSR count). The molecule has 1 aliphatic heterocycles. The first-order valence-corrected chi connectivity index (χ1v) is 7.47. The fraction of sp³-hybridized carbons (Fsp3) is 0.105. The maximum atomic E-state index is 12.7. The van der Waals surface area contributed by atoms with E-state index in [0.717, 1.165) is 41.3 Å². The molecule has 2 aromatic carbocycles. The molecule has 0 saturated heterocycles. The molecule has 0 bridgehead atoms. The van der Waals surface area contributed by atoms with Gasteiger partial charge < -0.3 is 9.88 Å². The molecule has 0 atom stereocenters. The number of nitrogens with one attached hydrogen (secondary N) is 1. The standard InChI is InChI=1S/C19H16N2O/c22-17-13-16(14-7-3-1-4-8-14)21-12-11-20-19(21)18(17)15-9-5-2-6-10-15/h1-10,13,20H,11-12H2. The van der Waals surface area contributed by atoms with Gasteiger partial charge in [0.25, 0.3) is 0 Å². The third-order valence-corrected chi connectivity index (χ3v) is 4.07. The first-order valence-electron chi connectivity index (χ1n) is 7.47. The van der Waals surface area contributed by atoms with Crippen molar-refractivity contribution in [2.75, 3.05) is 11.9 Å². The molecule has 1 N–H and O–H groups in total. The van der Waals surface area contributed by atoms with Crippen molar-refractivity contribution in [2.24, 2.45) is 0 Å². The summed E-state index contributed by atoms with van der Waals surface area (Å²) in [4.78, 5) is 12.7. The van der Waals surface area contributed by atoms with E-state index in [-0.39, 0.29) is 5.43 Å². The summed E-state index contributed by atoms with van der Waals surface area (Å²) in [6.45, 7) is 1.72. The number of hydrogen-bond acceptors (Lipinski definition) is 2. The summed E-state index contributed by atoms with van der Waals surface area (Å²) in [7, 11) is 0. The van der Waals surface area contributed by atoms with Crippen LogP contribution in [0.15, 0.2) is 71.5 Å². The number of aromatic nitrogens is 1. The maximum Gasteiger partial charge on any atom is 0.192 e. The highest BCUT2D eigenvalue weighted by Gasteiger charge is 2.21. The van der Waals surface area contributed by atoms with E-state index in [9.17, 15) is 4.79 Å². The van der Waals surface area contributed by atoms with Crippen LogP contribution in [0.3, 0.4) is 0 Å². The minimum absolute atomic E-state index is 0.0608. The van der Waals surface area contributed by atoms with Crippen molar-refractivity contribution in [1.82, 2.24) is 4.57 Å². The molecule has 0 aliphatic carbocycles. The summed E-state index contributed by atoms with van der Waals surface area (Å²) in [6, 6.07) is 21.7. The van der Waals surface area contributed by atoms with Crippen molar-refractivity contribution in [3.05, 3.63) is 77.0 Å². The molecule has 3 aromatic rings. The van der Waals surface area contributed by atoms with Gasteiger partial charge in [-0.3, -0.25) is 4.79 Å². The van der Waals surface area contributed by atoms with Gasteiger partial charge in [-0.15, -0.1) is 0 Å². The Morgan fingerprint density at radius 1 is 0.864 bits per heavy atom. The van der Waals surface area contributed by atoms with E-state index in [1.807, 2.05) is 60.7 Å². The van der Waals surface area contributed by atoms with Gasteiger partial charge in [0.1, 0.15) is 5.82 Å². The molecule has 0 amide bonds. The first kappa shape index (κ1) is 12.9. The zero-order chi connectivity index (χ0) is 14.9. The molecule has 1 aromatic heterocycles. The van der Waals surface area contributed by atoms with Crippen molar-refractivity contribution in [2.45, 2.75) is 6.54 Å². The van der Waals surface area contributed by atoms with Gasteiger partial charge in [0.2, 0.25) is 0 Å². The number of hydrogen-bond donors (Lipinski definition) is 1. The average molecular weight is 288 g/mol. The fourth-order valence-corrected chi connectivity index (χ4v) is 3.08. The van der Waals surface area contributed by atoms with Crippen LogP contribution in [-0.4, -0.2) is 11.1 Å². The fourth-order valence-electron chi connectivity index (χ4n) is 3.08. The monoisotopic (exact) mass is 288 g/mol. The van der Waals surface area contributed by atoms with Crippen LogP contribution in [0.2, 0.25) is 0 Å². The van der Waals surface area contributed by atoms with Gasteiger partial charge in [0.15, 0.2) is 5.43 Å². The molecule has 1 aliphatic rings. The Morgan fingerprint density at radius 2 is 1.50 bits per heavy atom. The predicted octanol–water partition coefficient (Wildman–Crippen LogP) is 3.61. The zero-order valence-electron chi connectivity index (χ0n) is 12.1. The number of pyridine rings is 1. The van der Waals surface area contributed by atoms with Gasteiger partial charge in [0.05, 0.1) is 11.3 Å². The molecule has 0 unspecified atom stereocenters. The summed E-state index contributed by atoms with van der Waals surface area (Å²) >= 11 is 0. The lowest BCUT2D eigenvalue weighted by Crippen LogP contribution is -2.12. The summed E-state index contributed by atoms with van der Waals surface area (Å²) in [5, 5.41) is 3.38. The highest BCUT2D eigenvalue weighted by molar-refractivity contribution is 5.79. The number of anilines is 1. The van der Waals surface area contributed by atoms with Crippen LogP contribution in [0.25, 0.3) is 22.4 Å². The molecule has 3 nitrogen and oxygen atoms in total. The Morgan fingerprint density at radius 3 is 2.18 bits per heavy atom. The highest BCUT2D eigenvalue weighted by atomic mass is 16.1. The second-order valence-corrected chi connectivity index (χ2v) is 5.43. The Balaban J connectivity index is 1.99. The topological polar surface area (TPSA) is 34.0 Å². The third kappa shape index (κ3) is 2.02. The lowest BCUT2D eigenvalue weighted by Gasteiger charge is -2.15. The molecule has 0 radical (unpaired) electrons. The second kappa shape index (κ2) is 5.19. The molecular weight excluding hydrogens is 272 g/mol. The number of fused-ring (bicyclic) bond motifs is 1. The van der Waals surface area contributed by atoms with Gasteiger partial charge in [-0.1, -0.05) is 60.7 Å². The van der Waals surface area contributed by atoms with E-state index < -0.39 is 0 Å². The largest absolute Gasteiger partial charge is 0.369 e. The minimum Gasteiger partial charge on any atom is -0.369 e. The second-order valence-electron chi connectivity index (χ2n) is 5.43. The Bertz CT molecular complexity index is 867. The molecular formula is C19H16N2O. The van der Waals surface area contributed by atoms with Crippen LogP contribution in [0.1, 0.15) is 0 Å².